The fourth-order valence-electron chi connectivity index (χ4n) is 1.88. The van der Waals surface area contributed by atoms with Gasteiger partial charge in [0.05, 0.1) is 11.1 Å². The highest BCUT2D eigenvalue weighted by atomic mass is 19.4. The highest BCUT2D eigenvalue weighted by molar-refractivity contribution is 6.03. The third kappa shape index (κ3) is 3.97. The van der Waals surface area contributed by atoms with E-state index in [0.717, 1.165) is 25.0 Å². The standard InChI is InChI=1S/C15H13F3N4O/c16-15(17,18)10-1-3-11(4-2-10)21-13(23)9-7-19-14(20-8-9)22-12-5-6-12/h1-4,7-8,12H,5-6H2,(H,21,23)(H,19,20,22). The molecule has 0 spiro atoms. The van der Waals surface area contributed by atoms with Gasteiger partial charge in [-0.3, -0.25) is 4.79 Å². The van der Waals surface area contributed by atoms with E-state index in [1.807, 2.05) is 0 Å². The van der Waals surface area contributed by atoms with Crippen LogP contribution in [0, 0.1) is 0 Å². The lowest BCUT2D eigenvalue weighted by atomic mass is 10.2. The monoisotopic (exact) mass is 322 g/mol. The van der Waals surface area contributed by atoms with E-state index in [9.17, 15) is 18.0 Å². The third-order valence-electron chi connectivity index (χ3n) is 3.29. The van der Waals surface area contributed by atoms with Crippen LogP contribution >= 0.6 is 0 Å². The van der Waals surface area contributed by atoms with Crippen LogP contribution in [0.1, 0.15) is 28.8 Å². The van der Waals surface area contributed by atoms with Crippen molar-refractivity contribution in [2.75, 3.05) is 10.6 Å². The molecule has 1 aromatic carbocycles. The minimum atomic E-state index is -4.40. The van der Waals surface area contributed by atoms with Gasteiger partial charge in [-0.05, 0) is 37.1 Å². The zero-order valence-electron chi connectivity index (χ0n) is 11.9. The molecule has 1 aromatic heterocycles. The van der Waals surface area contributed by atoms with Crippen LogP contribution in [0.5, 0.6) is 0 Å². The predicted octanol–water partition coefficient (Wildman–Crippen LogP) is 3.32. The van der Waals surface area contributed by atoms with Gasteiger partial charge >= 0.3 is 6.18 Å². The number of aromatic nitrogens is 2. The summed E-state index contributed by atoms with van der Waals surface area (Å²) >= 11 is 0. The van der Waals surface area contributed by atoms with E-state index in [1.54, 1.807) is 0 Å². The van der Waals surface area contributed by atoms with Crippen molar-refractivity contribution in [2.24, 2.45) is 0 Å². The van der Waals surface area contributed by atoms with Crippen LogP contribution in [0.4, 0.5) is 24.8 Å². The van der Waals surface area contributed by atoms with Gasteiger partial charge in [-0.1, -0.05) is 0 Å². The van der Waals surface area contributed by atoms with Crippen LogP contribution in [-0.2, 0) is 6.18 Å². The van der Waals surface area contributed by atoms with Gasteiger partial charge in [0.25, 0.3) is 5.91 Å². The van der Waals surface area contributed by atoms with E-state index >= 15 is 0 Å². The SMILES string of the molecule is O=C(Nc1ccc(C(F)(F)F)cc1)c1cnc(NC2CC2)nc1. The summed E-state index contributed by atoms with van der Waals surface area (Å²) in [5.41, 5.74) is -0.274. The molecule has 0 radical (unpaired) electrons. The number of rotatable bonds is 4. The summed E-state index contributed by atoms with van der Waals surface area (Å²) in [6.07, 6.45) is 0.508. The van der Waals surface area contributed by atoms with Crippen molar-refractivity contribution in [2.45, 2.75) is 25.1 Å². The zero-order chi connectivity index (χ0) is 16.4. The number of benzene rings is 1. The average Bonchev–Trinajstić information content (AvgIpc) is 3.31. The van der Waals surface area contributed by atoms with Crippen LogP contribution in [0.2, 0.25) is 0 Å². The second kappa shape index (κ2) is 5.86. The fourth-order valence-corrected chi connectivity index (χ4v) is 1.88. The van der Waals surface area contributed by atoms with E-state index in [2.05, 4.69) is 20.6 Å². The summed E-state index contributed by atoms with van der Waals surface area (Å²) in [7, 11) is 0. The Bertz CT molecular complexity index is 694. The number of nitrogens with zero attached hydrogens (tertiary/aromatic N) is 2. The molecule has 23 heavy (non-hydrogen) atoms. The lowest BCUT2D eigenvalue weighted by Crippen LogP contribution is -2.14. The van der Waals surface area contributed by atoms with Crippen molar-refractivity contribution < 1.29 is 18.0 Å². The Kier molecular flexibility index (Phi) is 3.89. The molecule has 8 heteroatoms. The summed E-state index contributed by atoms with van der Waals surface area (Å²) in [5.74, 6) is -0.0266. The fraction of sp³-hybridized carbons (Fsp3) is 0.267. The summed E-state index contributed by atoms with van der Waals surface area (Å²) < 4.78 is 37.4. The first kappa shape index (κ1) is 15.3. The van der Waals surface area contributed by atoms with Gasteiger partial charge in [-0.15, -0.1) is 0 Å². The number of halogens is 3. The maximum Gasteiger partial charge on any atom is 0.416 e. The number of carbonyl (C=O) groups is 1. The molecule has 1 amide bonds. The molecule has 0 atom stereocenters. The van der Waals surface area contributed by atoms with Crippen molar-refractivity contribution in [3.63, 3.8) is 0 Å². The largest absolute Gasteiger partial charge is 0.416 e. The molecule has 120 valence electrons. The molecule has 2 aromatic rings. The van der Waals surface area contributed by atoms with Gasteiger partial charge in [0.2, 0.25) is 5.95 Å². The Balaban J connectivity index is 1.63. The number of alkyl halides is 3. The van der Waals surface area contributed by atoms with E-state index in [1.165, 1.54) is 24.5 Å². The maximum atomic E-state index is 12.5. The Hall–Kier alpha value is -2.64. The molecule has 5 nitrogen and oxygen atoms in total. The van der Waals surface area contributed by atoms with Crippen LogP contribution in [-0.4, -0.2) is 21.9 Å². The van der Waals surface area contributed by atoms with Crippen LogP contribution < -0.4 is 10.6 Å². The Morgan fingerprint density at radius 3 is 2.22 bits per heavy atom. The maximum absolute atomic E-state index is 12.5. The van der Waals surface area contributed by atoms with Crippen molar-refractivity contribution in [3.8, 4) is 0 Å². The number of anilines is 2. The van der Waals surface area contributed by atoms with Crippen LogP contribution in [0.3, 0.4) is 0 Å². The Morgan fingerprint density at radius 1 is 1.09 bits per heavy atom. The van der Waals surface area contributed by atoms with Crippen LogP contribution in [0.25, 0.3) is 0 Å². The minimum Gasteiger partial charge on any atom is -0.351 e. The summed E-state index contributed by atoms with van der Waals surface area (Å²) in [6, 6.07) is 4.63. The topological polar surface area (TPSA) is 66.9 Å². The molecule has 2 N–H and O–H groups in total. The molecule has 1 fully saturated rings. The molecular weight excluding hydrogens is 309 g/mol. The van der Waals surface area contributed by atoms with Crippen molar-refractivity contribution >= 4 is 17.5 Å². The number of hydrogen-bond donors (Lipinski definition) is 2. The molecule has 1 heterocycles. The Labute approximate surface area is 130 Å². The first-order chi connectivity index (χ1) is 10.9. The van der Waals surface area contributed by atoms with Crippen molar-refractivity contribution in [1.82, 2.24) is 9.97 Å². The molecule has 1 aliphatic rings. The summed E-state index contributed by atoms with van der Waals surface area (Å²) in [4.78, 5) is 20.1. The van der Waals surface area contributed by atoms with Gasteiger partial charge in [-0.25, -0.2) is 9.97 Å². The van der Waals surface area contributed by atoms with E-state index in [4.69, 9.17) is 0 Å². The van der Waals surface area contributed by atoms with E-state index < -0.39 is 17.6 Å². The van der Waals surface area contributed by atoms with Crippen LogP contribution in [0.15, 0.2) is 36.7 Å². The predicted molar refractivity (Wildman–Crippen MR) is 78.1 cm³/mol. The van der Waals surface area contributed by atoms with Gasteiger partial charge in [0, 0.05) is 24.1 Å². The van der Waals surface area contributed by atoms with Gasteiger partial charge in [-0.2, -0.15) is 13.2 Å². The number of amides is 1. The molecule has 1 aliphatic carbocycles. The normalized spacial score (nSPS) is 14.4. The molecule has 0 aliphatic heterocycles. The third-order valence-corrected chi connectivity index (χ3v) is 3.29. The number of nitrogens with one attached hydrogen (secondary N) is 2. The lowest BCUT2D eigenvalue weighted by Gasteiger charge is -2.09. The summed E-state index contributed by atoms with van der Waals surface area (Å²) in [5, 5.41) is 5.59. The van der Waals surface area contributed by atoms with E-state index in [0.29, 0.717) is 12.0 Å². The number of hydrogen-bond acceptors (Lipinski definition) is 4. The first-order valence-electron chi connectivity index (χ1n) is 6.99. The minimum absolute atomic E-state index is 0.228. The van der Waals surface area contributed by atoms with E-state index in [-0.39, 0.29) is 11.3 Å². The molecule has 1 saturated carbocycles. The summed E-state index contributed by atoms with van der Waals surface area (Å²) in [6.45, 7) is 0. The van der Waals surface area contributed by atoms with Gasteiger partial charge in [0.1, 0.15) is 0 Å². The lowest BCUT2D eigenvalue weighted by molar-refractivity contribution is -0.137. The number of carbonyl (C=O) groups excluding carboxylic acids is 1. The zero-order valence-corrected chi connectivity index (χ0v) is 11.9. The second-order valence-corrected chi connectivity index (χ2v) is 5.24. The Morgan fingerprint density at radius 2 is 1.70 bits per heavy atom. The molecule has 0 bridgehead atoms. The van der Waals surface area contributed by atoms with Crippen molar-refractivity contribution in [3.05, 3.63) is 47.8 Å². The average molecular weight is 322 g/mol. The quantitative estimate of drug-likeness (QED) is 0.906. The molecule has 3 rings (SSSR count). The highest BCUT2D eigenvalue weighted by Crippen LogP contribution is 2.29. The van der Waals surface area contributed by atoms with Crippen molar-refractivity contribution in [1.29, 1.82) is 0 Å². The second-order valence-electron chi connectivity index (χ2n) is 5.24. The van der Waals surface area contributed by atoms with Gasteiger partial charge in [0.15, 0.2) is 0 Å². The highest BCUT2D eigenvalue weighted by Gasteiger charge is 2.30. The first-order valence-corrected chi connectivity index (χ1v) is 6.99. The molecule has 0 unspecified atom stereocenters. The smallest absolute Gasteiger partial charge is 0.351 e. The molecule has 0 saturated heterocycles. The molecular formula is C15H13F3N4O. The van der Waals surface area contributed by atoms with Gasteiger partial charge < -0.3 is 10.6 Å².